The molecule has 2 rings (SSSR count). The lowest BCUT2D eigenvalue weighted by Gasteiger charge is -2.00. The monoisotopic (exact) mass is 286 g/mol. The molecular formula is C12H9F3N2O3. The Morgan fingerprint density at radius 2 is 1.70 bits per heavy atom. The van der Waals surface area contributed by atoms with Crippen molar-refractivity contribution in [3.05, 3.63) is 42.2 Å². The van der Waals surface area contributed by atoms with Crippen LogP contribution < -0.4 is 5.73 Å². The summed E-state index contributed by atoms with van der Waals surface area (Å²) in [5, 5.41) is 8.91. The number of pyridine rings is 1. The van der Waals surface area contributed by atoms with Crippen LogP contribution in [-0.4, -0.2) is 28.1 Å². The van der Waals surface area contributed by atoms with Gasteiger partial charge in [-0.25, -0.2) is 4.79 Å². The lowest BCUT2D eigenvalue weighted by molar-refractivity contribution is -0.192. The Kier molecular flexibility index (Phi) is 4.63. The van der Waals surface area contributed by atoms with Gasteiger partial charge in [0.05, 0.1) is 0 Å². The van der Waals surface area contributed by atoms with Gasteiger partial charge in [0.2, 0.25) is 0 Å². The van der Waals surface area contributed by atoms with Gasteiger partial charge in [-0.3, -0.25) is 9.78 Å². The minimum Gasteiger partial charge on any atom is -0.475 e. The number of rotatable bonds is 1. The number of hydrogen-bond acceptors (Lipinski definition) is 3. The predicted molar refractivity (Wildman–Crippen MR) is 64.0 cm³/mol. The highest BCUT2D eigenvalue weighted by Crippen LogP contribution is 2.15. The Morgan fingerprint density at radius 1 is 1.15 bits per heavy atom. The number of nitrogens with two attached hydrogens (primary N) is 1. The number of hydrogen-bond donors (Lipinski definition) is 2. The molecule has 0 aliphatic rings. The van der Waals surface area contributed by atoms with E-state index in [1.165, 1.54) is 0 Å². The predicted octanol–water partition coefficient (Wildman–Crippen LogP) is 1.97. The zero-order valence-electron chi connectivity index (χ0n) is 9.89. The molecule has 0 aliphatic carbocycles. The van der Waals surface area contributed by atoms with Crippen LogP contribution in [0.2, 0.25) is 0 Å². The number of carbonyl (C=O) groups excluding carboxylic acids is 1. The minimum absolute atomic E-state index is 0.332. The summed E-state index contributed by atoms with van der Waals surface area (Å²) in [5.41, 5.74) is 5.51. The van der Waals surface area contributed by atoms with Gasteiger partial charge in [0.25, 0.3) is 5.91 Å². The Labute approximate surface area is 110 Å². The standard InChI is InChI=1S/C10H8N2O.C2HF3O2/c11-10(13)9-8-4-2-1-3-7(8)5-6-12-9;3-2(4,5)1(6)7/h1-6H,(H2,11,13);(H,6,7). The summed E-state index contributed by atoms with van der Waals surface area (Å²) in [6, 6.07) is 9.37. The molecule has 0 unspecified atom stereocenters. The third-order valence-corrected chi connectivity index (χ3v) is 2.15. The van der Waals surface area contributed by atoms with Crippen LogP contribution in [0.25, 0.3) is 10.8 Å². The first kappa shape index (κ1) is 15.4. The Hall–Kier alpha value is -2.64. The molecule has 0 fully saturated rings. The van der Waals surface area contributed by atoms with E-state index in [1.807, 2.05) is 30.3 Å². The van der Waals surface area contributed by atoms with Gasteiger partial charge >= 0.3 is 12.1 Å². The first-order chi connectivity index (χ1) is 9.23. The van der Waals surface area contributed by atoms with E-state index in [0.29, 0.717) is 5.69 Å². The molecule has 0 aliphatic heterocycles. The van der Waals surface area contributed by atoms with Crippen molar-refractivity contribution in [3.8, 4) is 0 Å². The fourth-order valence-electron chi connectivity index (χ4n) is 1.32. The van der Waals surface area contributed by atoms with E-state index in [4.69, 9.17) is 15.6 Å². The number of amides is 1. The lowest BCUT2D eigenvalue weighted by atomic mass is 10.1. The molecular weight excluding hydrogens is 277 g/mol. The molecule has 0 spiro atoms. The van der Waals surface area contributed by atoms with Gasteiger partial charge in [0.1, 0.15) is 5.69 Å². The number of carbonyl (C=O) groups is 2. The number of alkyl halides is 3. The summed E-state index contributed by atoms with van der Waals surface area (Å²) < 4.78 is 31.7. The Balaban J connectivity index is 0.000000246. The first-order valence-electron chi connectivity index (χ1n) is 5.17. The number of halogens is 3. The number of carboxylic acid groups (broad SMARTS) is 1. The summed E-state index contributed by atoms with van der Waals surface area (Å²) in [5.74, 6) is -3.25. The fraction of sp³-hybridized carbons (Fsp3) is 0.0833. The first-order valence-corrected chi connectivity index (χ1v) is 5.17. The van der Waals surface area contributed by atoms with Crippen molar-refractivity contribution in [1.29, 1.82) is 0 Å². The van der Waals surface area contributed by atoms with Crippen LogP contribution in [0, 0.1) is 0 Å². The summed E-state index contributed by atoms with van der Waals surface area (Å²) in [6.45, 7) is 0. The van der Waals surface area contributed by atoms with Gasteiger partial charge < -0.3 is 10.8 Å². The molecule has 1 amide bonds. The van der Waals surface area contributed by atoms with Crippen LogP contribution in [0.5, 0.6) is 0 Å². The largest absolute Gasteiger partial charge is 0.490 e. The molecule has 5 nitrogen and oxygen atoms in total. The van der Waals surface area contributed by atoms with E-state index in [0.717, 1.165) is 10.8 Å². The van der Waals surface area contributed by atoms with Crippen molar-refractivity contribution in [2.75, 3.05) is 0 Å². The molecule has 0 saturated carbocycles. The zero-order chi connectivity index (χ0) is 15.3. The van der Waals surface area contributed by atoms with Crippen molar-refractivity contribution in [3.63, 3.8) is 0 Å². The highest BCUT2D eigenvalue weighted by atomic mass is 19.4. The third kappa shape index (κ3) is 3.94. The molecule has 1 aromatic carbocycles. The van der Waals surface area contributed by atoms with Crippen LogP contribution in [0.15, 0.2) is 36.5 Å². The van der Waals surface area contributed by atoms with Crippen LogP contribution in [0.3, 0.4) is 0 Å². The van der Waals surface area contributed by atoms with E-state index >= 15 is 0 Å². The van der Waals surface area contributed by atoms with Gasteiger partial charge in [-0.2, -0.15) is 13.2 Å². The van der Waals surface area contributed by atoms with E-state index in [-0.39, 0.29) is 0 Å². The maximum Gasteiger partial charge on any atom is 0.490 e. The van der Waals surface area contributed by atoms with Crippen LogP contribution in [0.1, 0.15) is 10.5 Å². The summed E-state index contributed by atoms with van der Waals surface area (Å²) in [7, 11) is 0. The highest BCUT2D eigenvalue weighted by Gasteiger charge is 2.38. The van der Waals surface area contributed by atoms with E-state index < -0.39 is 18.1 Å². The van der Waals surface area contributed by atoms with Crippen molar-refractivity contribution in [1.82, 2.24) is 4.98 Å². The minimum atomic E-state index is -5.08. The zero-order valence-corrected chi connectivity index (χ0v) is 9.89. The summed E-state index contributed by atoms with van der Waals surface area (Å²) in [6.07, 6.45) is -3.50. The summed E-state index contributed by atoms with van der Waals surface area (Å²) >= 11 is 0. The van der Waals surface area contributed by atoms with Crippen LogP contribution in [0.4, 0.5) is 13.2 Å². The third-order valence-electron chi connectivity index (χ3n) is 2.15. The SMILES string of the molecule is NC(=O)c1nccc2ccccc12.O=C(O)C(F)(F)F. The average Bonchev–Trinajstić information content (AvgIpc) is 2.37. The fourth-order valence-corrected chi connectivity index (χ4v) is 1.32. The second kappa shape index (κ2) is 6.00. The number of aliphatic carboxylic acids is 1. The molecule has 20 heavy (non-hydrogen) atoms. The molecule has 106 valence electrons. The normalized spacial score (nSPS) is 10.6. The van der Waals surface area contributed by atoms with Gasteiger partial charge in [-0.05, 0) is 11.5 Å². The van der Waals surface area contributed by atoms with Crippen molar-refractivity contribution >= 4 is 22.6 Å². The van der Waals surface area contributed by atoms with Crippen molar-refractivity contribution < 1.29 is 27.9 Å². The molecule has 8 heteroatoms. The Bertz CT molecular complexity index is 636. The number of aromatic nitrogens is 1. The maximum atomic E-state index is 11.0. The molecule has 1 heterocycles. The van der Waals surface area contributed by atoms with Gasteiger partial charge in [0.15, 0.2) is 0 Å². The smallest absolute Gasteiger partial charge is 0.475 e. The molecule has 1 aromatic heterocycles. The van der Waals surface area contributed by atoms with Gasteiger partial charge in [-0.1, -0.05) is 24.3 Å². The molecule has 2 aromatic rings. The van der Waals surface area contributed by atoms with E-state index in [2.05, 4.69) is 4.98 Å². The van der Waals surface area contributed by atoms with Crippen molar-refractivity contribution in [2.24, 2.45) is 5.73 Å². The average molecular weight is 286 g/mol. The topological polar surface area (TPSA) is 93.3 Å². The number of benzene rings is 1. The molecule has 0 bridgehead atoms. The number of carboxylic acids is 1. The molecule has 3 N–H and O–H groups in total. The van der Waals surface area contributed by atoms with Crippen LogP contribution in [-0.2, 0) is 4.79 Å². The summed E-state index contributed by atoms with van der Waals surface area (Å²) in [4.78, 5) is 23.8. The number of nitrogens with zero attached hydrogens (tertiary/aromatic N) is 1. The van der Waals surface area contributed by atoms with Crippen molar-refractivity contribution in [2.45, 2.75) is 6.18 Å². The second-order valence-corrected chi connectivity index (χ2v) is 3.55. The lowest BCUT2D eigenvalue weighted by Crippen LogP contribution is -2.21. The highest BCUT2D eigenvalue weighted by molar-refractivity contribution is 6.04. The quantitative estimate of drug-likeness (QED) is 0.838. The van der Waals surface area contributed by atoms with E-state index in [1.54, 1.807) is 6.20 Å². The molecule has 0 saturated heterocycles. The molecule has 0 atom stereocenters. The number of primary amides is 1. The molecule has 0 radical (unpaired) electrons. The van der Waals surface area contributed by atoms with Gasteiger partial charge in [-0.15, -0.1) is 0 Å². The second-order valence-electron chi connectivity index (χ2n) is 3.55. The van der Waals surface area contributed by atoms with Crippen LogP contribution >= 0.6 is 0 Å². The number of fused-ring (bicyclic) bond motifs is 1. The Morgan fingerprint density at radius 3 is 2.20 bits per heavy atom. The van der Waals surface area contributed by atoms with Gasteiger partial charge in [0, 0.05) is 11.6 Å². The maximum absolute atomic E-state index is 11.0. The van der Waals surface area contributed by atoms with E-state index in [9.17, 15) is 18.0 Å².